The number of carbonyl (C=O) groups is 2. The van der Waals surface area contributed by atoms with E-state index in [1.165, 1.54) is 0 Å². The summed E-state index contributed by atoms with van der Waals surface area (Å²) in [6.45, 7) is 12.5. The lowest BCUT2D eigenvalue weighted by atomic mass is 9.98. The quantitative estimate of drug-likeness (QED) is 0.185. The number of fused-ring (bicyclic) bond motifs is 1. The first kappa shape index (κ1) is 30.6. The van der Waals surface area contributed by atoms with Gasteiger partial charge in [0.25, 0.3) is 5.91 Å². The zero-order valence-electron chi connectivity index (χ0n) is 26.5. The fourth-order valence-electron chi connectivity index (χ4n) is 5.47. The Morgan fingerprint density at radius 1 is 0.886 bits per heavy atom. The monoisotopic (exact) mass is 588 g/mol. The second-order valence-electron chi connectivity index (χ2n) is 12.2. The standard InChI is InChI=1S/C38H40N2O4/c1-24-26(3)40(23-27-12-14-29(15-13-27)32-10-8-9-11-33(32)37(42)44-38(4,5)6)35-21-18-30(22-34(24)35)36(41)39-25(2)28-16-19-31(43-7)20-17-28/h8-22,25H,23H2,1-7H3,(H,39,41)/t25-/m0/s1. The van der Waals surface area contributed by atoms with Gasteiger partial charge in [0.05, 0.1) is 18.7 Å². The summed E-state index contributed by atoms with van der Waals surface area (Å²) in [7, 11) is 1.64. The van der Waals surface area contributed by atoms with E-state index in [4.69, 9.17) is 9.47 Å². The number of amides is 1. The second-order valence-corrected chi connectivity index (χ2v) is 12.2. The number of methoxy groups -OCH3 is 1. The van der Waals surface area contributed by atoms with Gasteiger partial charge < -0.3 is 19.4 Å². The molecule has 44 heavy (non-hydrogen) atoms. The van der Waals surface area contributed by atoms with Gasteiger partial charge in [-0.3, -0.25) is 4.79 Å². The summed E-state index contributed by atoms with van der Waals surface area (Å²) >= 11 is 0. The molecule has 1 amide bonds. The van der Waals surface area contributed by atoms with Crippen molar-refractivity contribution < 1.29 is 19.1 Å². The number of aromatic nitrogens is 1. The number of carbonyl (C=O) groups excluding carboxylic acids is 2. The molecule has 5 rings (SSSR count). The van der Waals surface area contributed by atoms with Gasteiger partial charge in [0.2, 0.25) is 0 Å². The number of nitrogens with zero attached hydrogens (tertiary/aromatic N) is 1. The molecule has 1 atom stereocenters. The van der Waals surface area contributed by atoms with Gasteiger partial charge in [-0.25, -0.2) is 4.79 Å². The lowest BCUT2D eigenvalue weighted by Crippen LogP contribution is -2.26. The van der Waals surface area contributed by atoms with E-state index in [1.807, 2.05) is 94.4 Å². The molecule has 0 aliphatic heterocycles. The first-order valence-corrected chi connectivity index (χ1v) is 14.9. The maximum absolute atomic E-state index is 13.2. The Hall–Kier alpha value is -4.84. The molecule has 1 aromatic heterocycles. The first-order chi connectivity index (χ1) is 20.9. The van der Waals surface area contributed by atoms with Crippen molar-refractivity contribution >= 4 is 22.8 Å². The number of hydrogen-bond acceptors (Lipinski definition) is 4. The fraction of sp³-hybridized carbons (Fsp3) is 0.263. The minimum absolute atomic E-state index is 0.109. The van der Waals surface area contributed by atoms with Gasteiger partial charge in [-0.15, -0.1) is 0 Å². The molecule has 4 aromatic carbocycles. The van der Waals surface area contributed by atoms with E-state index in [9.17, 15) is 9.59 Å². The third-order valence-electron chi connectivity index (χ3n) is 8.02. The Morgan fingerprint density at radius 3 is 2.23 bits per heavy atom. The van der Waals surface area contributed by atoms with Crippen LogP contribution in [0.5, 0.6) is 5.75 Å². The average molecular weight is 589 g/mol. The molecule has 0 aliphatic rings. The van der Waals surface area contributed by atoms with Crippen molar-refractivity contribution in [2.45, 2.75) is 59.7 Å². The third-order valence-corrected chi connectivity index (χ3v) is 8.02. The van der Waals surface area contributed by atoms with Crippen LogP contribution in [0.1, 0.15) is 76.8 Å². The molecule has 0 aliphatic carbocycles. The summed E-state index contributed by atoms with van der Waals surface area (Å²) in [6, 6.07) is 29.4. The molecule has 0 saturated heterocycles. The highest BCUT2D eigenvalue weighted by atomic mass is 16.6. The van der Waals surface area contributed by atoms with Crippen molar-refractivity contribution in [2.24, 2.45) is 0 Å². The molecule has 1 N–H and O–H groups in total. The molecular formula is C38H40N2O4. The predicted molar refractivity (Wildman–Crippen MR) is 176 cm³/mol. The smallest absolute Gasteiger partial charge is 0.339 e. The molecule has 5 aromatic rings. The van der Waals surface area contributed by atoms with Crippen molar-refractivity contribution in [1.82, 2.24) is 9.88 Å². The van der Waals surface area contributed by atoms with Crippen LogP contribution in [0.3, 0.4) is 0 Å². The van der Waals surface area contributed by atoms with Gasteiger partial charge in [0.1, 0.15) is 11.4 Å². The van der Waals surface area contributed by atoms with Crippen molar-refractivity contribution in [3.8, 4) is 16.9 Å². The Labute approximate surface area is 259 Å². The van der Waals surface area contributed by atoms with Crippen LogP contribution >= 0.6 is 0 Å². The Kier molecular flexibility index (Phi) is 8.63. The SMILES string of the molecule is COc1ccc([C@H](C)NC(=O)c2ccc3c(c2)c(C)c(C)n3Cc2ccc(-c3ccccc3C(=O)OC(C)(C)C)cc2)cc1. The molecule has 0 fully saturated rings. The van der Waals surface area contributed by atoms with E-state index in [-0.39, 0.29) is 17.9 Å². The Morgan fingerprint density at radius 2 is 1.57 bits per heavy atom. The van der Waals surface area contributed by atoms with Gasteiger partial charge in [-0.2, -0.15) is 0 Å². The molecule has 0 bridgehead atoms. The van der Waals surface area contributed by atoms with Crippen LogP contribution in [0.15, 0.2) is 91.0 Å². The van der Waals surface area contributed by atoms with E-state index < -0.39 is 5.60 Å². The minimum atomic E-state index is -0.566. The van der Waals surface area contributed by atoms with Gasteiger partial charge in [0.15, 0.2) is 0 Å². The zero-order valence-corrected chi connectivity index (χ0v) is 26.5. The Balaban J connectivity index is 1.35. The van der Waals surface area contributed by atoms with E-state index in [0.29, 0.717) is 17.7 Å². The molecule has 0 spiro atoms. The van der Waals surface area contributed by atoms with Crippen LogP contribution in [0.4, 0.5) is 0 Å². The third kappa shape index (κ3) is 6.55. The molecule has 0 radical (unpaired) electrons. The van der Waals surface area contributed by atoms with Crippen molar-refractivity contribution in [3.05, 3.63) is 125 Å². The number of esters is 1. The van der Waals surface area contributed by atoms with Crippen LogP contribution in [-0.2, 0) is 11.3 Å². The van der Waals surface area contributed by atoms with E-state index >= 15 is 0 Å². The molecule has 6 nitrogen and oxygen atoms in total. The average Bonchev–Trinajstić information content (AvgIpc) is 3.24. The predicted octanol–water partition coefficient (Wildman–Crippen LogP) is 8.43. The molecule has 6 heteroatoms. The zero-order chi connectivity index (χ0) is 31.6. The maximum Gasteiger partial charge on any atom is 0.339 e. The number of rotatable bonds is 8. The van der Waals surface area contributed by atoms with Crippen LogP contribution in [0.2, 0.25) is 0 Å². The van der Waals surface area contributed by atoms with Gasteiger partial charge in [-0.1, -0.05) is 54.6 Å². The summed E-state index contributed by atoms with van der Waals surface area (Å²) in [5.41, 5.74) is 7.96. The summed E-state index contributed by atoms with van der Waals surface area (Å²) in [4.78, 5) is 26.1. The van der Waals surface area contributed by atoms with Crippen molar-refractivity contribution in [1.29, 1.82) is 0 Å². The Bertz CT molecular complexity index is 1810. The summed E-state index contributed by atoms with van der Waals surface area (Å²) in [5, 5.41) is 4.19. The van der Waals surface area contributed by atoms with Crippen LogP contribution < -0.4 is 10.1 Å². The van der Waals surface area contributed by atoms with Crippen molar-refractivity contribution in [3.63, 3.8) is 0 Å². The first-order valence-electron chi connectivity index (χ1n) is 14.9. The number of aryl methyl sites for hydroxylation is 1. The largest absolute Gasteiger partial charge is 0.497 e. The lowest BCUT2D eigenvalue weighted by Gasteiger charge is -2.20. The van der Waals surface area contributed by atoms with Gasteiger partial charge in [0, 0.05) is 28.7 Å². The van der Waals surface area contributed by atoms with Gasteiger partial charge in [-0.05, 0) is 106 Å². The van der Waals surface area contributed by atoms with E-state index in [1.54, 1.807) is 7.11 Å². The van der Waals surface area contributed by atoms with Crippen LogP contribution in [0.25, 0.3) is 22.0 Å². The number of hydrogen-bond donors (Lipinski definition) is 1. The van der Waals surface area contributed by atoms with E-state index in [2.05, 4.69) is 48.0 Å². The molecule has 0 unspecified atom stereocenters. The topological polar surface area (TPSA) is 69.6 Å². The highest BCUT2D eigenvalue weighted by molar-refractivity contribution is 5.99. The number of nitrogens with one attached hydrogen (secondary N) is 1. The van der Waals surface area contributed by atoms with Crippen LogP contribution in [0, 0.1) is 13.8 Å². The number of benzene rings is 4. The van der Waals surface area contributed by atoms with E-state index in [0.717, 1.165) is 50.2 Å². The summed E-state index contributed by atoms with van der Waals surface area (Å²) in [5.74, 6) is 0.347. The van der Waals surface area contributed by atoms with Crippen molar-refractivity contribution in [2.75, 3.05) is 7.11 Å². The lowest BCUT2D eigenvalue weighted by molar-refractivity contribution is 0.00703. The fourth-order valence-corrected chi connectivity index (χ4v) is 5.47. The molecule has 226 valence electrons. The second kappa shape index (κ2) is 12.4. The number of ether oxygens (including phenoxy) is 2. The maximum atomic E-state index is 13.2. The molecule has 0 saturated carbocycles. The highest BCUT2D eigenvalue weighted by Gasteiger charge is 2.21. The summed E-state index contributed by atoms with van der Waals surface area (Å²) < 4.78 is 13.2. The minimum Gasteiger partial charge on any atom is -0.497 e. The molecule has 1 heterocycles. The van der Waals surface area contributed by atoms with Crippen LogP contribution in [-0.4, -0.2) is 29.2 Å². The highest BCUT2D eigenvalue weighted by Crippen LogP contribution is 2.30. The summed E-state index contributed by atoms with van der Waals surface area (Å²) in [6.07, 6.45) is 0. The normalized spacial score (nSPS) is 12.2. The molecular weight excluding hydrogens is 548 g/mol. The van der Waals surface area contributed by atoms with Gasteiger partial charge >= 0.3 is 5.97 Å².